The summed E-state index contributed by atoms with van der Waals surface area (Å²) in [6.07, 6.45) is 0. The molecular formula is C13H17BFN3O2. The van der Waals surface area contributed by atoms with Crippen LogP contribution in [-0.4, -0.2) is 28.5 Å². The first-order valence-corrected chi connectivity index (χ1v) is 6.50. The van der Waals surface area contributed by atoms with Gasteiger partial charge in [0.15, 0.2) is 5.82 Å². The Hall–Kier alpha value is -1.60. The Kier molecular flexibility index (Phi) is 2.65. The molecule has 20 heavy (non-hydrogen) atoms. The average molecular weight is 277 g/mol. The van der Waals surface area contributed by atoms with E-state index in [1.54, 1.807) is 12.1 Å². The third-order valence-corrected chi connectivity index (χ3v) is 4.24. The van der Waals surface area contributed by atoms with Crippen LogP contribution in [-0.2, 0) is 9.31 Å². The molecule has 5 nitrogen and oxygen atoms in total. The third kappa shape index (κ3) is 1.73. The van der Waals surface area contributed by atoms with E-state index >= 15 is 0 Å². The molecule has 1 fully saturated rings. The molecule has 1 aliphatic heterocycles. The average Bonchev–Trinajstić information content (AvgIpc) is 2.79. The van der Waals surface area contributed by atoms with Crippen LogP contribution in [0.1, 0.15) is 27.7 Å². The second kappa shape index (κ2) is 3.96. The van der Waals surface area contributed by atoms with Crippen molar-refractivity contribution in [2.45, 2.75) is 38.9 Å². The zero-order chi connectivity index (χ0) is 14.7. The fourth-order valence-electron chi connectivity index (χ4n) is 2.24. The monoisotopic (exact) mass is 277 g/mol. The number of nitrogens with two attached hydrogens (primary N) is 1. The summed E-state index contributed by atoms with van der Waals surface area (Å²) in [4.78, 5) is 0. The summed E-state index contributed by atoms with van der Waals surface area (Å²) >= 11 is 0. The maximum atomic E-state index is 14.6. The number of nitrogen functional groups attached to an aromatic ring is 1. The van der Waals surface area contributed by atoms with E-state index in [-0.39, 0.29) is 11.3 Å². The van der Waals surface area contributed by atoms with E-state index in [0.717, 1.165) is 0 Å². The first-order valence-electron chi connectivity index (χ1n) is 6.50. The number of rotatable bonds is 1. The summed E-state index contributed by atoms with van der Waals surface area (Å²) in [6, 6.07) is 3.35. The minimum absolute atomic E-state index is 0.273. The lowest BCUT2D eigenvalue weighted by atomic mass is 9.78. The van der Waals surface area contributed by atoms with E-state index in [9.17, 15) is 4.39 Å². The summed E-state index contributed by atoms with van der Waals surface area (Å²) in [5, 5.41) is 6.97. The minimum atomic E-state index is -0.742. The van der Waals surface area contributed by atoms with Gasteiger partial charge in [-0.25, -0.2) is 4.39 Å². The van der Waals surface area contributed by atoms with E-state index in [1.165, 1.54) is 0 Å². The molecule has 1 aromatic carbocycles. The molecule has 0 spiro atoms. The van der Waals surface area contributed by atoms with Crippen LogP contribution in [0.15, 0.2) is 12.1 Å². The minimum Gasteiger partial charge on any atom is -0.399 e. The standard InChI is InChI=1S/C13H17BFN3O2/c1-12(2)13(3,4)20-14(19-12)8-6-5-7-10(9(8)15)17-18-11(7)16/h5-6H,1-4H3,(H3,16,17,18). The number of nitrogens with one attached hydrogen (secondary N) is 1. The van der Waals surface area contributed by atoms with Crippen molar-refractivity contribution >= 4 is 29.3 Å². The van der Waals surface area contributed by atoms with Crippen LogP contribution in [0, 0.1) is 5.82 Å². The molecule has 1 saturated heterocycles. The van der Waals surface area contributed by atoms with Gasteiger partial charge in [-0.2, -0.15) is 5.10 Å². The van der Waals surface area contributed by atoms with Crippen molar-refractivity contribution in [1.29, 1.82) is 0 Å². The molecule has 7 heteroatoms. The number of benzene rings is 1. The van der Waals surface area contributed by atoms with Gasteiger partial charge in [0.2, 0.25) is 0 Å². The molecule has 2 heterocycles. The SMILES string of the molecule is CC1(C)OB(c2ccc3c(N)n[nH]c3c2F)OC1(C)C. The number of fused-ring (bicyclic) bond motifs is 1. The Morgan fingerprint density at radius 1 is 1.20 bits per heavy atom. The van der Waals surface area contributed by atoms with Crippen molar-refractivity contribution in [3.05, 3.63) is 17.9 Å². The van der Waals surface area contributed by atoms with Crippen LogP contribution in [0.25, 0.3) is 10.9 Å². The third-order valence-electron chi connectivity index (χ3n) is 4.24. The number of aromatic nitrogens is 2. The predicted molar refractivity (Wildman–Crippen MR) is 76.2 cm³/mol. The van der Waals surface area contributed by atoms with Crippen LogP contribution in [0.3, 0.4) is 0 Å². The Morgan fingerprint density at radius 3 is 2.40 bits per heavy atom. The van der Waals surface area contributed by atoms with Crippen molar-refractivity contribution in [2.75, 3.05) is 5.73 Å². The number of nitrogens with zero attached hydrogens (tertiary/aromatic N) is 1. The molecule has 0 atom stereocenters. The van der Waals surface area contributed by atoms with Crippen molar-refractivity contribution in [3.63, 3.8) is 0 Å². The van der Waals surface area contributed by atoms with E-state index in [4.69, 9.17) is 15.0 Å². The van der Waals surface area contributed by atoms with E-state index < -0.39 is 24.1 Å². The molecule has 0 unspecified atom stereocenters. The molecule has 0 saturated carbocycles. The Bertz CT molecular complexity index is 668. The second-order valence-electron chi connectivity index (χ2n) is 6.09. The summed E-state index contributed by atoms with van der Waals surface area (Å²) in [5.74, 6) is -0.162. The first kappa shape index (κ1) is 13.4. The number of hydrogen-bond acceptors (Lipinski definition) is 4. The number of aromatic amines is 1. The summed E-state index contributed by atoms with van der Waals surface area (Å²) < 4.78 is 26.3. The Labute approximate surface area is 116 Å². The van der Waals surface area contributed by atoms with Gasteiger partial charge in [-0.3, -0.25) is 5.10 Å². The van der Waals surface area contributed by atoms with Gasteiger partial charge in [0.1, 0.15) is 11.3 Å². The fourth-order valence-corrected chi connectivity index (χ4v) is 2.24. The molecule has 2 aromatic rings. The van der Waals surface area contributed by atoms with Crippen LogP contribution in [0.2, 0.25) is 0 Å². The predicted octanol–water partition coefficient (Wildman–Crippen LogP) is 1.58. The van der Waals surface area contributed by atoms with Gasteiger partial charge in [-0.15, -0.1) is 0 Å². The lowest BCUT2D eigenvalue weighted by molar-refractivity contribution is 0.00578. The van der Waals surface area contributed by atoms with E-state index in [1.807, 2.05) is 27.7 Å². The molecule has 0 amide bonds. The van der Waals surface area contributed by atoms with Crippen LogP contribution >= 0.6 is 0 Å². The van der Waals surface area contributed by atoms with Gasteiger partial charge in [-0.05, 0) is 33.8 Å². The van der Waals surface area contributed by atoms with Crippen LogP contribution in [0.5, 0.6) is 0 Å². The highest BCUT2D eigenvalue weighted by molar-refractivity contribution is 6.62. The van der Waals surface area contributed by atoms with Gasteiger partial charge >= 0.3 is 7.12 Å². The Morgan fingerprint density at radius 2 is 1.80 bits per heavy atom. The molecule has 0 radical (unpaired) electrons. The largest absolute Gasteiger partial charge is 0.497 e. The highest BCUT2D eigenvalue weighted by Crippen LogP contribution is 2.37. The smallest absolute Gasteiger partial charge is 0.399 e. The van der Waals surface area contributed by atoms with Gasteiger partial charge in [0, 0.05) is 10.8 Å². The molecule has 0 bridgehead atoms. The molecule has 1 aromatic heterocycles. The molecule has 106 valence electrons. The molecule has 0 aliphatic carbocycles. The summed E-state index contributed by atoms with van der Waals surface area (Å²) in [5.41, 5.74) is 5.27. The van der Waals surface area contributed by atoms with Gasteiger partial charge in [-0.1, -0.05) is 6.07 Å². The van der Waals surface area contributed by atoms with Gasteiger partial charge in [0.05, 0.1) is 11.2 Å². The highest BCUT2D eigenvalue weighted by Gasteiger charge is 2.52. The maximum Gasteiger partial charge on any atom is 0.497 e. The highest BCUT2D eigenvalue weighted by atomic mass is 19.1. The van der Waals surface area contributed by atoms with Crippen molar-refractivity contribution < 1.29 is 13.7 Å². The van der Waals surface area contributed by atoms with Crippen molar-refractivity contribution in [3.8, 4) is 0 Å². The van der Waals surface area contributed by atoms with Crippen molar-refractivity contribution in [2.24, 2.45) is 0 Å². The lowest BCUT2D eigenvalue weighted by Crippen LogP contribution is -2.41. The maximum absolute atomic E-state index is 14.6. The zero-order valence-electron chi connectivity index (χ0n) is 12.0. The number of halogens is 1. The summed E-state index contributed by atoms with van der Waals surface area (Å²) in [6.45, 7) is 7.71. The second-order valence-corrected chi connectivity index (χ2v) is 6.09. The molecule has 3 rings (SSSR count). The first-order chi connectivity index (χ1) is 9.23. The van der Waals surface area contributed by atoms with Crippen molar-refractivity contribution in [1.82, 2.24) is 10.2 Å². The summed E-state index contributed by atoms with van der Waals surface area (Å²) in [7, 11) is -0.742. The normalized spacial score (nSPS) is 20.8. The lowest BCUT2D eigenvalue weighted by Gasteiger charge is -2.32. The topological polar surface area (TPSA) is 73.2 Å². The molecule has 1 aliphatic rings. The van der Waals surface area contributed by atoms with E-state index in [0.29, 0.717) is 10.8 Å². The quantitative estimate of drug-likeness (QED) is 0.776. The molecular weight excluding hydrogens is 260 g/mol. The Balaban J connectivity index is 2.06. The van der Waals surface area contributed by atoms with Crippen LogP contribution < -0.4 is 11.2 Å². The van der Waals surface area contributed by atoms with Gasteiger partial charge < -0.3 is 15.0 Å². The number of hydrogen-bond donors (Lipinski definition) is 2. The zero-order valence-corrected chi connectivity index (χ0v) is 12.0. The number of anilines is 1. The molecule has 3 N–H and O–H groups in total. The fraction of sp³-hybridized carbons (Fsp3) is 0.462. The van der Waals surface area contributed by atoms with E-state index in [2.05, 4.69) is 10.2 Å². The number of H-pyrrole nitrogens is 1. The van der Waals surface area contributed by atoms with Gasteiger partial charge in [0.25, 0.3) is 0 Å². The van der Waals surface area contributed by atoms with Crippen LogP contribution in [0.4, 0.5) is 10.2 Å².